The van der Waals surface area contributed by atoms with Crippen LogP contribution in [0, 0.1) is 0 Å². The number of quaternary nitrogens is 2. The molecule has 4 nitrogen and oxygen atoms in total. The molecule has 0 unspecified atom stereocenters. The Morgan fingerprint density at radius 2 is 0.646 bits per heavy atom. The van der Waals surface area contributed by atoms with E-state index in [1.807, 2.05) is 0 Å². The third-order valence-electron chi connectivity index (χ3n) is 10.4. The Bertz CT molecular complexity index is 682. The third kappa shape index (κ3) is 29.4. The molecule has 0 saturated carbocycles. The number of hydrogen-bond donors (Lipinski definition) is 0. The molecule has 6 heteroatoms. The maximum Gasteiger partial charge on any atom is 0.169 e. The Labute approximate surface area is 324 Å². The van der Waals surface area contributed by atoms with Crippen molar-refractivity contribution in [3.05, 3.63) is 0 Å². The Morgan fingerprint density at radius 3 is 0.958 bits per heavy atom. The van der Waals surface area contributed by atoms with Crippen LogP contribution in [0.5, 0.6) is 0 Å². The van der Waals surface area contributed by atoms with Crippen LogP contribution < -0.4 is 34.0 Å². The molecule has 0 aliphatic carbocycles. The van der Waals surface area contributed by atoms with Crippen LogP contribution in [-0.2, 0) is 9.47 Å². The highest BCUT2D eigenvalue weighted by atomic mass is 79.9. The zero-order chi connectivity index (χ0) is 34.0. The standard InChI is InChI=1S/C42H88N2O2.2BrH/c1-9-11-13-15-17-19-24-30-36-42(37-31-25-21-27-33-39-44(6,7)8)45-40(34-28-22-16-14-12-10-2)41(46-42)35-29-23-18-20-26-32-38-43(3,4)5;;/h40-41H,9-39H2,1-8H3;2*1H/q+2;;/p-2/t40-,41-,42+;;/m0../s1. The van der Waals surface area contributed by atoms with Gasteiger partial charge in [-0.05, 0) is 51.4 Å². The first-order valence-corrected chi connectivity index (χ1v) is 21.0. The number of unbranched alkanes of at least 4 members (excludes halogenated alkanes) is 21. The van der Waals surface area contributed by atoms with E-state index in [9.17, 15) is 0 Å². The van der Waals surface area contributed by atoms with E-state index in [1.54, 1.807) is 0 Å². The SMILES string of the molecule is CCCCCCCCCC[C@@]1(CCCCCCC[N+](C)(C)C)O[C@@H](CCCCCCCC)[C@H](CCCCCCCC[N+](C)(C)C)O1.[Br-].[Br-]. The van der Waals surface area contributed by atoms with Crippen molar-refractivity contribution in [3.8, 4) is 0 Å². The quantitative estimate of drug-likeness (QED) is 0.0578. The molecule has 1 fully saturated rings. The molecular formula is C42H88Br2N2O2. The monoisotopic (exact) mass is 811 g/mol. The molecule has 1 rings (SSSR count). The zero-order valence-corrected chi connectivity index (χ0v) is 37.2. The fraction of sp³-hybridized carbons (Fsp3) is 1.00. The van der Waals surface area contributed by atoms with Crippen LogP contribution in [0.1, 0.15) is 200 Å². The summed E-state index contributed by atoms with van der Waals surface area (Å²) < 4.78 is 16.5. The van der Waals surface area contributed by atoms with Gasteiger partial charge in [-0.2, -0.15) is 0 Å². The van der Waals surface area contributed by atoms with E-state index in [0.717, 1.165) is 21.8 Å². The normalized spacial score (nSPS) is 19.8. The molecular weight excluding hydrogens is 724 g/mol. The van der Waals surface area contributed by atoms with Gasteiger partial charge >= 0.3 is 0 Å². The highest BCUT2D eigenvalue weighted by Gasteiger charge is 2.45. The summed E-state index contributed by atoms with van der Waals surface area (Å²) in [5, 5.41) is 0. The van der Waals surface area contributed by atoms with Gasteiger partial charge < -0.3 is 52.4 Å². The molecule has 0 bridgehead atoms. The minimum absolute atomic E-state index is 0. The molecule has 0 spiro atoms. The lowest BCUT2D eigenvalue weighted by Gasteiger charge is -2.29. The van der Waals surface area contributed by atoms with Crippen LogP contribution in [0.4, 0.5) is 0 Å². The highest BCUT2D eigenvalue weighted by molar-refractivity contribution is 4.87. The number of halogens is 2. The third-order valence-corrected chi connectivity index (χ3v) is 10.4. The second-order valence-electron chi connectivity index (χ2n) is 17.5. The van der Waals surface area contributed by atoms with Crippen molar-refractivity contribution in [2.75, 3.05) is 55.4 Å². The van der Waals surface area contributed by atoms with Crippen molar-refractivity contribution in [1.82, 2.24) is 0 Å². The summed E-state index contributed by atoms with van der Waals surface area (Å²) in [5.41, 5.74) is 0. The predicted octanol–water partition coefficient (Wildman–Crippen LogP) is 6.24. The first-order chi connectivity index (χ1) is 22.0. The van der Waals surface area contributed by atoms with Crippen molar-refractivity contribution in [3.63, 3.8) is 0 Å². The van der Waals surface area contributed by atoms with Crippen LogP contribution in [0.15, 0.2) is 0 Å². The smallest absolute Gasteiger partial charge is 0.169 e. The van der Waals surface area contributed by atoms with E-state index >= 15 is 0 Å². The van der Waals surface area contributed by atoms with Crippen molar-refractivity contribution < 1.29 is 52.4 Å². The first kappa shape index (κ1) is 50.9. The number of nitrogens with zero attached hydrogens (tertiary/aromatic N) is 2. The molecule has 292 valence electrons. The molecule has 0 amide bonds. The summed E-state index contributed by atoms with van der Waals surface area (Å²) in [4.78, 5) is 0. The minimum atomic E-state index is -0.312. The Hall–Kier alpha value is 0.800. The van der Waals surface area contributed by atoms with Crippen LogP contribution in [0.25, 0.3) is 0 Å². The van der Waals surface area contributed by atoms with Crippen molar-refractivity contribution >= 4 is 0 Å². The Morgan fingerprint density at radius 1 is 0.375 bits per heavy atom. The lowest BCUT2D eigenvalue weighted by molar-refractivity contribution is -0.870. The lowest BCUT2D eigenvalue weighted by Crippen LogP contribution is -3.00. The molecule has 1 heterocycles. The van der Waals surface area contributed by atoms with E-state index in [0.29, 0.717) is 12.2 Å². The Kier molecular flexibility index (Phi) is 33.2. The maximum atomic E-state index is 7.15. The Balaban J connectivity index is 0. The number of rotatable bonds is 33. The van der Waals surface area contributed by atoms with Crippen molar-refractivity contribution in [2.45, 2.75) is 218 Å². The largest absolute Gasteiger partial charge is 1.00 e. The van der Waals surface area contributed by atoms with Gasteiger partial charge in [-0.25, -0.2) is 0 Å². The van der Waals surface area contributed by atoms with E-state index in [-0.39, 0.29) is 39.8 Å². The molecule has 0 aromatic rings. The maximum absolute atomic E-state index is 7.15. The minimum Gasteiger partial charge on any atom is -1.00 e. The molecule has 48 heavy (non-hydrogen) atoms. The summed E-state index contributed by atoms with van der Waals surface area (Å²) in [6.07, 6.45) is 39.2. The van der Waals surface area contributed by atoms with Crippen LogP contribution in [0.3, 0.4) is 0 Å². The second kappa shape index (κ2) is 31.3. The van der Waals surface area contributed by atoms with Crippen molar-refractivity contribution in [1.29, 1.82) is 0 Å². The summed E-state index contributed by atoms with van der Waals surface area (Å²) in [6, 6.07) is 0. The topological polar surface area (TPSA) is 18.5 Å². The summed E-state index contributed by atoms with van der Waals surface area (Å²) in [7, 11) is 13.9. The molecule has 1 aliphatic heterocycles. The summed E-state index contributed by atoms with van der Waals surface area (Å²) in [6.45, 7) is 7.21. The van der Waals surface area contributed by atoms with E-state index in [1.165, 1.54) is 186 Å². The second-order valence-corrected chi connectivity index (χ2v) is 17.5. The lowest BCUT2D eigenvalue weighted by atomic mass is 9.99. The van der Waals surface area contributed by atoms with Gasteiger partial charge in [-0.15, -0.1) is 0 Å². The molecule has 1 saturated heterocycles. The van der Waals surface area contributed by atoms with Gasteiger partial charge in [0.05, 0.1) is 67.6 Å². The van der Waals surface area contributed by atoms with Gasteiger partial charge in [0.25, 0.3) is 0 Å². The number of ether oxygens (including phenoxy) is 2. The summed E-state index contributed by atoms with van der Waals surface area (Å²) in [5.74, 6) is -0.312. The van der Waals surface area contributed by atoms with Gasteiger partial charge in [0.2, 0.25) is 0 Å². The van der Waals surface area contributed by atoms with Gasteiger partial charge in [0.1, 0.15) is 0 Å². The fourth-order valence-corrected chi connectivity index (χ4v) is 7.39. The average molecular weight is 813 g/mol. The predicted molar refractivity (Wildman–Crippen MR) is 204 cm³/mol. The zero-order valence-electron chi connectivity index (χ0n) is 34.0. The van der Waals surface area contributed by atoms with Gasteiger partial charge in [-0.3, -0.25) is 0 Å². The fourth-order valence-electron chi connectivity index (χ4n) is 7.39. The van der Waals surface area contributed by atoms with Crippen LogP contribution >= 0.6 is 0 Å². The molecule has 0 aromatic carbocycles. The van der Waals surface area contributed by atoms with E-state index < -0.39 is 0 Å². The molecule has 1 aliphatic rings. The summed E-state index contributed by atoms with van der Waals surface area (Å²) >= 11 is 0. The molecule has 3 atom stereocenters. The number of hydrogen-bond acceptors (Lipinski definition) is 2. The van der Waals surface area contributed by atoms with Crippen LogP contribution in [-0.4, -0.2) is 82.3 Å². The first-order valence-electron chi connectivity index (χ1n) is 21.0. The van der Waals surface area contributed by atoms with Crippen LogP contribution in [0.2, 0.25) is 0 Å². The molecule has 0 N–H and O–H groups in total. The van der Waals surface area contributed by atoms with Gasteiger partial charge in [0.15, 0.2) is 5.79 Å². The van der Waals surface area contributed by atoms with E-state index in [4.69, 9.17) is 9.47 Å². The average Bonchev–Trinajstić information content (AvgIpc) is 3.33. The van der Waals surface area contributed by atoms with Gasteiger partial charge in [-0.1, -0.05) is 136 Å². The molecule has 0 radical (unpaired) electrons. The molecule has 0 aromatic heterocycles. The van der Waals surface area contributed by atoms with Gasteiger partial charge in [0, 0.05) is 12.8 Å². The van der Waals surface area contributed by atoms with Crippen molar-refractivity contribution in [2.24, 2.45) is 0 Å². The van der Waals surface area contributed by atoms with E-state index in [2.05, 4.69) is 56.1 Å². The highest BCUT2D eigenvalue weighted by Crippen LogP contribution is 2.41.